The molecule has 0 radical (unpaired) electrons. The van der Waals surface area contributed by atoms with E-state index >= 15 is 0 Å². The summed E-state index contributed by atoms with van der Waals surface area (Å²) in [5, 5.41) is 0. The lowest BCUT2D eigenvalue weighted by Crippen LogP contribution is -2.15. The second kappa shape index (κ2) is 6.11. The highest BCUT2D eigenvalue weighted by atomic mass is 32.2. The van der Waals surface area contributed by atoms with Crippen molar-refractivity contribution in [3.8, 4) is 11.5 Å². The van der Waals surface area contributed by atoms with Crippen LogP contribution in [0.1, 0.15) is 0 Å². The second-order valence-electron chi connectivity index (χ2n) is 3.27. The molecule has 1 aromatic rings. The van der Waals surface area contributed by atoms with E-state index in [1.54, 1.807) is 11.8 Å². The Kier molecular flexibility index (Phi) is 4.48. The van der Waals surface area contributed by atoms with Crippen LogP contribution in [0.4, 0.5) is 0 Å². The van der Waals surface area contributed by atoms with Crippen molar-refractivity contribution in [2.24, 2.45) is 0 Å². The molecule has 0 aromatic heterocycles. The van der Waals surface area contributed by atoms with E-state index in [1.807, 2.05) is 18.2 Å². The van der Waals surface area contributed by atoms with Gasteiger partial charge in [-0.1, -0.05) is 12.2 Å². The van der Waals surface area contributed by atoms with Crippen molar-refractivity contribution in [1.82, 2.24) is 0 Å². The predicted octanol–water partition coefficient (Wildman–Crippen LogP) is 3.04. The molecule has 1 aromatic carbocycles. The highest BCUT2D eigenvalue weighted by molar-refractivity contribution is 7.99. The minimum absolute atomic E-state index is 0.640. The summed E-state index contributed by atoms with van der Waals surface area (Å²) in [5.41, 5.74) is 0. The van der Waals surface area contributed by atoms with Crippen molar-refractivity contribution in [1.29, 1.82) is 0 Å². The highest BCUT2D eigenvalue weighted by Crippen LogP contribution is 2.34. The molecule has 0 saturated heterocycles. The van der Waals surface area contributed by atoms with E-state index in [0.29, 0.717) is 13.2 Å². The molecule has 0 N–H and O–H groups in total. The number of hydrogen-bond donors (Lipinski definition) is 1. The van der Waals surface area contributed by atoms with Gasteiger partial charge in [0.2, 0.25) is 0 Å². The third kappa shape index (κ3) is 3.12. The largest absolute Gasteiger partial charge is 0.486 e. The molecule has 0 atom stereocenters. The van der Waals surface area contributed by atoms with E-state index in [0.717, 1.165) is 23.0 Å². The van der Waals surface area contributed by atoms with Crippen molar-refractivity contribution in [3.05, 3.63) is 30.4 Å². The summed E-state index contributed by atoms with van der Waals surface area (Å²) < 4.78 is 11.0. The topological polar surface area (TPSA) is 18.5 Å². The summed E-state index contributed by atoms with van der Waals surface area (Å²) >= 11 is 5.89. The standard InChI is InChI=1S/C12H14O2S2/c15-7-1-2-8-16-10-3-4-11-12(9-10)14-6-5-13-11/h1-4,9,15H,5-8H2/b2-1+. The van der Waals surface area contributed by atoms with E-state index in [2.05, 4.69) is 24.8 Å². The molecule has 0 saturated carbocycles. The predicted molar refractivity (Wildman–Crippen MR) is 71.1 cm³/mol. The number of benzene rings is 1. The lowest BCUT2D eigenvalue weighted by atomic mass is 10.3. The van der Waals surface area contributed by atoms with Crippen molar-refractivity contribution >= 4 is 24.4 Å². The van der Waals surface area contributed by atoms with E-state index in [-0.39, 0.29) is 0 Å². The summed E-state index contributed by atoms with van der Waals surface area (Å²) in [7, 11) is 0. The fraction of sp³-hybridized carbons (Fsp3) is 0.333. The summed E-state index contributed by atoms with van der Waals surface area (Å²) in [6.07, 6.45) is 4.17. The van der Waals surface area contributed by atoms with Gasteiger partial charge >= 0.3 is 0 Å². The second-order valence-corrected chi connectivity index (χ2v) is 4.73. The molecule has 86 valence electrons. The van der Waals surface area contributed by atoms with Gasteiger partial charge in [-0.25, -0.2) is 0 Å². The lowest BCUT2D eigenvalue weighted by molar-refractivity contribution is 0.171. The normalized spacial score (nSPS) is 14.3. The average molecular weight is 254 g/mol. The molecular weight excluding hydrogens is 240 g/mol. The minimum Gasteiger partial charge on any atom is -0.486 e. The molecule has 4 heteroatoms. The molecule has 0 spiro atoms. The van der Waals surface area contributed by atoms with Crippen LogP contribution in [-0.4, -0.2) is 24.7 Å². The number of ether oxygens (including phenoxy) is 2. The van der Waals surface area contributed by atoms with Crippen LogP contribution in [0.2, 0.25) is 0 Å². The zero-order valence-electron chi connectivity index (χ0n) is 8.89. The molecule has 0 amide bonds. The van der Waals surface area contributed by atoms with Crippen molar-refractivity contribution in [3.63, 3.8) is 0 Å². The quantitative estimate of drug-likeness (QED) is 0.506. The smallest absolute Gasteiger partial charge is 0.162 e. The summed E-state index contributed by atoms with van der Waals surface area (Å²) in [6.45, 7) is 1.28. The molecule has 0 aliphatic carbocycles. The van der Waals surface area contributed by atoms with Crippen molar-refractivity contribution < 1.29 is 9.47 Å². The first-order chi connectivity index (χ1) is 7.90. The Bertz CT molecular complexity index is 377. The maximum absolute atomic E-state index is 5.52. The Morgan fingerprint density at radius 3 is 2.81 bits per heavy atom. The maximum atomic E-state index is 5.52. The SMILES string of the molecule is SC/C=C/CSc1ccc2c(c1)OCCO2. The Morgan fingerprint density at radius 2 is 2.00 bits per heavy atom. The van der Waals surface area contributed by atoms with Gasteiger partial charge in [0.1, 0.15) is 13.2 Å². The van der Waals surface area contributed by atoms with Crippen LogP contribution in [0.3, 0.4) is 0 Å². The van der Waals surface area contributed by atoms with E-state index in [9.17, 15) is 0 Å². The van der Waals surface area contributed by atoms with Gasteiger partial charge in [-0.15, -0.1) is 11.8 Å². The number of thiol groups is 1. The monoisotopic (exact) mass is 254 g/mol. The van der Waals surface area contributed by atoms with Gasteiger partial charge in [-0.3, -0.25) is 0 Å². The third-order valence-electron chi connectivity index (χ3n) is 2.13. The number of thioether (sulfide) groups is 1. The Morgan fingerprint density at radius 1 is 1.19 bits per heavy atom. The van der Waals surface area contributed by atoms with Crippen LogP contribution in [0.15, 0.2) is 35.2 Å². The third-order valence-corrected chi connectivity index (χ3v) is 3.29. The Balaban J connectivity index is 1.97. The van der Waals surface area contributed by atoms with Crippen LogP contribution in [0.25, 0.3) is 0 Å². The molecule has 1 aliphatic rings. The van der Waals surface area contributed by atoms with Crippen LogP contribution in [0, 0.1) is 0 Å². The van der Waals surface area contributed by atoms with Crippen molar-refractivity contribution in [2.45, 2.75) is 4.90 Å². The highest BCUT2D eigenvalue weighted by Gasteiger charge is 2.11. The average Bonchev–Trinajstić information content (AvgIpc) is 2.34. The fourth-order valence-corrected chi connectivity index (χ4v) is 2.33. The van der Waals surface area contributed by atoms with Crippen LogP contribution < -0.4 is 9.47 Å². The Labute approximate surface area is 105 Å². The fourth-order valence-electron chi connectivity index (χ4n) is 1.40. The van der Waals surface area contributed by atoms with Gasteiger partial charge < -0.3 is 9.47 Å². The summed E-state index contributed by atoms with van der Waals surface area (Å²) in [6, 6.07) is 6.07. The van der Waals surface area contributed by atoms with Crippen LogP contribution >= 0.6 is 24.4 Å². The first-order valence-electron chi connectivity index (χ1n) is 5.18. The van der Waals surface area contributed by atoms with Gasteiger partial charge in [0.15, 0.2) is 11.5 Å². The summed E-state index contributed by atoms with van der Waals surface area (Å²) in [4.78, 5) is 1.20. The number of rotatable bonds is 4. The Hall–Kier alpha value is -0.740. The van der Waals surface area contributed by atoms with E-state index in [1.165, 1.54) is 4.90 Å². The minimum atomic E-state index is 0.640. The van der Waals surface area contributed by atoms with Crippen LogP contribution in [0.5, 0.6) is 11.5 Å². The molecule has 0 unspecified atom stereocenters. The molecule has 2 nitrogen and oxygen atoms in total. The van der Waals surface area contributed by atoms with Gasteiger partial charge in [0.25, 0.3) is 0 Å². The molecule has 1 heterocycles. The van der Waals surface area contributed by atoms with Gasteiger partial charge in [0.05, 0.1) is 0 Å². The molecule has 0 bridgehead atoms. The lowest BCUT2D eigenvalue weighted by Gasteiger charge is -2.18. The van der Waals surface area contributed by atoms with Gasteiger partial charge in [0, 0.05) is 16.4 Å². The molecule has 1 aliphatic heterocycles. The number of fused-ring (bicyclic) bond motifs is 1. The van der Waals surface area contributed by atoms with Crippen LogP contribution in [-0.2, 0) is 0 Å². The van der Waals surface area contributed by atoms with E-state index < -0.39 is 0 Å². The zero-order chi connectivity index (χ0) is 11.2. The molecule has 2 rings (SSSR count). The molecule has 16 heavy (non-hydrogen) atoms. The van der Waals surface area contributed by atoms with E-state index in [4.69, 9.17) is 9.47 Å². The molecule has 0 fully saturated rings. The van der Waals surface area contributed by atoms with Gasteiger partial charge in [-0.05, 0) is 18.2 Å². The molecular formula is C12H14O2S2. The van der Waals surface area contributed by atoms with Gasteiger partial charge in [-0.2, -0.15) is 12.6 Å². The zero-order valence-corrected chi connectivity index (χ0v) is 10.6. The summed E-state index contributed by atoms with van der Waals surface area (Å²) in [5.74, 6) is 3.46. The van der Waals surface area contributed by atoms with Crippen molar-refractivity contribution in [2.75, 3.05) is 24.7 Å². The number of hydrogen-bond acceptors (Lipinski definition) is 4. The first-order valence-corrected chi connectivity index (χ1v) is 6.80. The first kappa shape index (κ1) is 11.7. The maximum Gasteiger partial charge on any atom is 0.162 e.